The molecule has 1 fully saturated rings. The first kappa shape index (κ1) is 17.6. The molecule has 0 aliphatic carbocycles. The molecule has 1 aliphatic rings. The highest BCUT2D eigenvalue weighted by Gasteiger charge is 2.23. The van der Waals surface area contributed by atoms with Gasteiger partial charge in [0.2, 0.25) is 5.91 Å². The molecule has 1 aromatic carbocycles. The number of anilines is 2. The number of aliphatic hydroxyl groups is 1. The van der Waals surface area contributed by atoms with Gasteiger partial charge in [0.1, 0.15) is 12.0 Å². The van der Waals surface area contributed by atoms with Gasteiger partial charge < -0.3 is 19.6 Å². The van der Waals surface area contributed by atoms with Crippen LogP contribution < -0.4 is 14.5 Å². The molecule has 1 amide bonds. The van der Waals surface area contributed by atoms with Gasteiger partial charge in [0, 0.05) is 38.8 Å². The minimum atomic E-state index is -0.818. The summed E-state index contributed by atoms with van der Waals surface area (Å²) in [5.41, 5.74) is 1.66. The maximum absolute atomic E-state index is 11.9. The Balaban J connectivity index is 2.36. The quantitative estimate of drug-likeness (QED) is 0.834. The number of carbonyl (C=O) groups excluding carboxylic acids is 1. The van der Waals surface area contributed by atoms with Crippen molar-refractivity contribution in [3.05, 3.63) is 18.2 Å². The molecule has 0 aromatic heterocycles. The molecular formula is C17H27N3O3. The maximum Gasteiger partial charge on any atom is 0.225 e. The van der Waals surface area contributed by atoms with Crippen LogP contribution in [-0.2, 0) is 4.79 Å². The molecular weight excluding hydrogens is 294 g/mol. The van der Waals surface area contributed by atoms with Crippen LogP contribution in [0.15, 0.2) is 18.2 Å². The second-order valence-electron chi connectivity index (χ2n) is 5.92. The fourth-order valence-electron chi connectivity index (χ4n) is 2.87. The summed E-state index contributed by atoms with van der Waals surface area (Å²) in [6, 6.07) is 5.62. The third-order valence-electron chi connectivity index (χ3n) is 4.29. The van der Waals surface area contributed by atoms with Crippen LogP contribution in [0.2, 0.25) is 0 Å². The van der Waals surface area contributed by atoms with Crippen molar-refractivity contribution < 1.29 is 14.6 Å². The minimum Gasteiger partial charge on any atom is -0.495 e. The highest BCUT2D eigenvalue weighted by Crippen LogP contribution is 2.34. The van der Waals surface area contributed by atoms with Gasteiger partial charge in [-0.1, -0.05) is 6.92 Å². The third-order valence-corrected chi connectivity index (χ3v) is 4.29. The molecule has 0 saturated carbocycles. The summed E-state index contributed by atoms with van der Waals surface area (Å²) in [5.74, 6) is 0.613. The lowest BCUT2D eigenvalue weighted by Gasteiger charge is -2.35. The van der Waals surface area contributed by atoms with Crippen molar-refractivity contribution in [1.82, 2.24) is 4.90 Å². The summed E-state index contributed by atoms with van der Waals surface area (Å²) in [7, 11) is 3.76. The lowest BCUT2D eigenvalue weighted by Crippen LogP contribution is -2.44. The van der Waals surface area contributed by atoms with Crippen LogP contribution in [-0.4, -0.2) is 62.5 Å². The van der Waals surface area contributed by atoms with Gasteiger partial charge in [-0.25, -0.2) is 0 Å². The number of nitrogens with zero attached hydrogens (tertiary/aromatic N) is 3. The van der Waals surface area contributed by atoms with E-state index in [0.717, 1.165) is 37.6 Å². The first-order valence-electron chi connectivity index (χ1n) is 8.07. The second-order valence-corrected chi connectivity index (χ2v) is 5.92. The van der Waals surface area contributed by atoms with E-state index in [-0.39, 0.29) is 5.91 Å². The Morgan fingerprint density at radius 3 is 2.52 bits per heavy atom. The number of methoxy groups -OCH3 is 1. The average molecular weight is 321 g/mol. The van der Waals surface area contributed by atoms with Crippen LogP contribution in [0.3, 0.4) is 0 Å². The Kier molecular flexibility index (Phi) is 5.85. The lowest BCUT2D eigenvalue weighted by molar-refractivity contribution is -0.118. The van der Waals surface area contributed by atoms with Crippen LogP contribution >= 0.6 is 0 Å². The van der Waals surface area contributed by atoms with E-state index in [4.69, 9.17) is 4.74 Å². The molecule has 0 spiro atoms. The van der Waals surface area contributed by atoms with E-state index in [0.29, 0.717) is 12.1 Å². The Morgan fingerprint density at radius 2 is 2.00 bits per heavy atom. The zero-order chi connectivity index (χ0) is 17.0. The van der Waals surface area contributed by atoms with Gasteiger partial charge in [0.25, 0.3) is 0 Å². The Labute approximate surface area is 138 Å². The summed E-state index contributed by atoms with van der Waals surface area (Å²) >= 11 is 0. The highest BCUT2D eigenvalue weighted by atomic mass is 16.5. The van der Waals surface area contributed by atoms with Crippen molar-refractivity contribution in [2.75, 3.05) is 50.1 Å². The molecule has 1 atom stereocenters. The topological polar surface area (TPSA) is 56.2 Å². The molecule has 1 saturated heterocycles. The Bertz CT molecular complexity index is 542. The number of hydrogen-bond donors (Lipinski definition) is 1. The molecule has 6 heteroatoms. The number of benzene rings is 1. The van der Waals surface area contributed by atoms with Gasteiger partial charge in [-0.15, -0.1) is 0 Å². The molecule has 1 aliphatic heterocycles. The van der Waals surface area contributed by atoms with E-state index in [1.165, 1.54) is 11.8 Å². The molecule has 0 bridgehead atoms. The van der Waals surface area contributed by atoms with Crippen molar-refractivity contribution in [2.24, 2.45) is 0 Å². The average Bonchev–Trinajstić information content (AvgIpc) is 2.55. The van der Waals surface area contributed by atoms with Crippen molar-refractivity contribution in [2.45, 2.75) is 26.5 Å². The number of rotatable bonds is 5. The van der Waals surface area contributed by atoms with E-state index >= 15 is 0 Å². The van der Waals surface area contributed by atoms with E-state index in [9.17, 15) is 9.90 Å². The van der Waals surface area contributed by atoms with Crippen molar-refractivity contribution >= 4 is 17.3 Å². The predicted octanol–water partition coefficient (Wildman–Crippen LogP) is 1.53. The van der Waals surface area contributed by atoms with Crippen LogP contribution in [0.5, 0.6) is 5.75 Å². The van der Waals surface area contributed by atoms with E-state index < -0.39 is 6.23 Å². The number of carbonyl (C=O) groups is 1. The smallest absolute Gasteiger partial charge is 0.225 e. The fourth-order valence-corrected chi connectivity index (χ4v) is 2.87. The number of amides is 1. The number of aliphatic hydroxyl groups excluding tert-OH is 1. The molecule has 23 heavy (non-hydrogen) atoms. The van der Waals surface area contributed by atoms with Crippen molar-refractivity contribution in [3.8, 4) is 5.75 Å². The molecule has 6 nitrogen and oxygen atoms in total. The zero-order valence-electron chi connectivity index (χ0n) is 14.5. The molecule has 1 N–H and O–H groups in total. The fraction of sp³-hybridized carbons (Fsp3) is 0.588. The van der Waals surface area contributed by atoms with E-state index in [1.54, 1.807) is 7.11 Å². The predicted molar refractivity (Wildman–Crippen MR) is 92.2 cm³/mol. The normalized spacial score (nSPS) is 17.0. The van der Waals surface area contributed by atoms with Crippen molar-refractivity contribution in [1.29, 1.82) is 0 Å². The Hall–Kier alpha value is -1.79. The summed E-state index contributed by atoms with van der Waals surface area (Å²) in [5, 5.41) is 10.2. The van der Waals surface area contributed by atoms with Crippen molar-refractivity contribution in [3.63, 3.8) is 0 Å². The molecule has 1 unspecified atom stereocenters. The summed E-state index contributed by atoms with van der Waals surface area (Å²) in [6.07, 6.45) is -0.337. The summed E-state index contributed by atoms with van der Waals surface area (Å²) < 4.78 is 5.49. The largest absolute Gasteiger partial charge is 0.495 e. The zero-order valence-corrected chi connectivity index (χ0v) is 14.5. The number of hydrogen-bond acceptors (Lipinski definition) is 5. The first-order valence-corrected chi connectivity index (χ1v) is 8.07. The second kappa shape index (κ2) is 7.66. The van der Waals surface area contributed by atoms with Gasteiger partial charge in [-0.3, -0.25) is 9.69 Å². The number of likely N-dealkylation sites (N-methyl/N-ethyl adjacent to an activating group) is 1. The lowest BCUT2D eigenvalue weighted by atomic mass is 10.2. The molecule has 128 valence electrons. The van der Waals surface area contributed by atoms with Crippen LogP contribution in [0.4, 0.5) is 11.4 Å². The van der Waals surface area contributed by atoms with Gasteiger partial charge >= 0.3 is 0 Å². The SMILES string of the molecule is CCC(O)N(C(C)=O)c1ccc(OC)c(N2CCN(C)CC2)c1. The van der Waals surface area contributed by atoms with E-state index in [2.05, 4.69) is 16.8 Å². The molecule has 1 aromatic rings. The minimum absolute atomic E-state index is 0.172. The van der Waals surface area contributed by atoms with Gasteiger partial charge in [-0.2, -0.15) is 0 Å². The third kappa shape index (κ3) is 3.95. The Morgan fingerprint density at radius 1 is 1.35 bits per heavy atom. The van der Waals surface area contributed by atoms with Crippen LogP contribution in [0, 0.1) is 0 Å². The summed E-state index contributed by atoms with van der Waals surface area (Å²) in [4.78, 5) is 17.9. The first-order chi connectivity index (χ1) is 11.0. The molecule has 1 heterocycles. The van der Waals surface area contributed by atoms with Gasteiger partial charge in [0.15, 0.2) is 0 Å². The number of ether oxygens (including phenoxy) is 1. The van der Waals surface area contributed by atoms with Gasteiger partial charge in [0.05, 0.1) is 12.8 Å². The van der Waals surface area contributed by atoms with Gasteiger partial charge in [-0.05, 0) is 31.7 Å². The standard InChI is InChI=1S/C17H27N3O3/c1-5-17(22)20(13(2)21)14-6-7-16(23-4)15(12-14)19-10-8-18(3)9-11-19/h6-7,12,17,22H,5,8-11H2,1-4H3. The number of piperazine rings is 1. The van der Waals surface area contributed by atoms with E-state index in [1.807, 2.05) is 25.1 Å². The monoisotopic (exact) mass is 321 g/mol. The summed E-state index contributed by atoms with van der Waals surface area (Å²) in [6.45, 7) is 7.12. The molecule has 2 rings (SSSR count). The maximum atomic E-state index is 11.9. The molecule has 0 radical (unpaired) electrons. The highest BCUT2D eigenvalue weighted by molar-refractivity contribution is 5.92. The van der Waals surface area contributed by atoms with Crippen LogP contribution in [0.25, 0.3) is 0 Å². The van der Waals surface area contributed by atoms with Crippen LogP contribution in [0.1, 0.15) is 20.3 Å².